The summed E-state index contributed by atoms with van der Waals surface area (Å²) in [6.07, 6.45) is 3.00. The fraction of sp³-hybridized carbons (Fsp3) is 0.273. The van der Waals surface area contributed by atoms with Gasteiger partial charge in [0, 0.05) is 24.7 Å². The van der Waals surface area contributed by atoms with Gasteiger partial charge in [-0.25, -0.2) is 9.67 Å². The van der Waals surface area contributed by atoms with Crippen LogP contribution in [-0.2, 0) is 9.59 Å². The number of anilines is 1. The Morgan fingerprint density at radius 1 is 1.00 bits per heavy atom. The smallest absolute Gasteiger partial charge is 0.233 e. The molecule has 30 heavy (non-hydrogen) atoms. The number of hydrogen-bond acceptors (Lipinski definition) is 5. The van der Waals surface area contributed by atoms with Crippen molar-refractivity contribution in [2.24, 2.45) is 5.92 Å². The molecule has 154 valence electrons. The van der Waals surface area contributed by atoms with Crippen LogP contribution in [0.1, 0.15) is 12.8 Å². The predicted octanol–water partition coefficient (Wildman–Crippen LogP) is 3.24. The van der Waals surface area contributed by atoms with E-state index in [-0.39, 0.29) is 17.7 Å². The maximum atomic E-state index is 12.6. The van der Waals surface area contributed by atoms with Crippen LogP contribution in [-0.4, -0.2) is 50.3 Å². The van der Waals surface area contributed by atoms with Crippen LogP contribution in [0.5, 0.6) is 0 Å². The second-order valence-electron chi connectivity index (χ2n) is 7.11. The molecule has 0 saturated carbocycles. The maximum absolute atomic E-state index is 12.6. The number of amides is 2. The summed E-state index contributed by atoms with van der Waals surface area (Å²) in [5.74, 6) is 0.307. The number of nitrogens with one attached hydrogen (secondary N) is 1. The van der Waals surface area contributed by atoms with Crippen molar-refractivity contribution in [3.63, 3.8) is 0 Å². The summed E-state index contributed by atoms with van der Waals surface area (Å²) in [5.41, 5.74) is 1.74. The normalized spacial score (nSPS) is 14.5. The molecule has 2 amide bonds. The fourth-order valence-electron chi connectivity index (χ4n) is 3.39. The molecule has 2 heterocycles. The quantitative estimate of drug-likeness (QED) is 0.618. The van der Waals surface area contributed by atoms with Gasteiger partial charge in [-0.3, -0.25) is 9.59 Å². The van der Waals surface area contributed by atoms with E-state index in [2.05, 4.69) is 15.4 Å². The highest BCUT2D eigenvalue weighted by Crippen LogP contribution is 2.21. The SMILES string of the molecule is O=C(Nc1ccccc1)C1CCN(C(=O)CSc2ncn(-c3ccccc3)n2)CC1. The number of benzene rings is 2. The third-order valence-electron chi connectivity index (χ3n) is 5.08. The van der Waals surface area contributed by atoms with Crippen molar-refractivity contribution in [1.29, 1.82) is 0 Å². The van der Waals surface area contributed by atoms with Gasteiger partial charge in [0.25, 0.3) is 0 Å². The first-order chi connectivity index (χ1) is 14.7. The first-order valence-electron chi connectivity index (χ1n) is 9.92. The molecule has 4 rings (SSSR count). The zero-order valence-corrected chi connectivity index (χ0v) is 17.3. The second kappa shape index (κ2) is 9.58. The number of aromatic nitrogens is 3. The summed E-state index contributed by atoms with van der Waals surface area (Å²) >= 11 is 1.33. The van der Waals surface area contributed by atoms with Crippen LogP contribution in [0.3, 0.4) is 0 Å². The van der Waals surface area contributed by atoms with Gasteiger partial charge in [0.05, 0.1) is 11.4 Å². The van der Waals surface area contributed by atoms with Gasteiger partial charge in [0.2, 0.25) is 17.0 Å². The lowest BCUT2D eigenvalue weighted by Crippen LogP contribution is -2.42. The topological polar surface area (TPSA) is 80.1 Å². The number of carbonyl (C=O) groups excluding carboxylic acids is 2. The summed E-state index contributed by atoms with van der Waals surface area (Å²) in [4.78, 5) is 31.1. The van der Waals surface area contributed by atoms with E-state index >= 15 is 0 Å². The summed E-state index contributed by atoms with van der Waals surface area (Å²) in [5, 5.41) is 7.94. The van der Waals surface area contributed by atoms with E-state index in [1.165, 1.54) is 11.8 Å². The van der Waals surface area contributed by atoms with Crippen LogP contribution in [0.25, 0.3) is 5.69 Å². The van der Waals surface area contributed by atoms with Crippen molar-refractivity contribution < 1.29 is 9.59 Å². The minimum Gasteiger partial charge on any atom is -0.342 e. The summed E-state index contributed by atoms with van der Waals surface area (Å²) in [6.45, 7) is 1.19. The van der Waals surface area contributed by atoms with Crippen LogP contribution in [0, 0.1) is 5.92 Å². The number of thioether (sulfide) groups is 1. The zero-order chi connectivity index (χ0) is 20.8. The highest BCUT2D eigenvalue weighted by atomic mass is 32.2. The van der Waals surface area contributed by atoms with E-state index in [1.807, 2.05) is 65.6 Å². The Bertz CT molecular complexity index is 985. The number of para-hydroxylation sites is 2. The van der Waals surface area contributed by atoms with Crippen molar-refractivity contribution in [3.05, 3.63) is 67.0 Å². The minimum atomic E-state index is -0.0647. The van der Waals surface area contributed by atoms with E-state index in [0.717, 1.165) is 11.4 Å². The van der Waals surface area contributed by atoms with E-state index in [4.69, 9.17) is 0 Å². The standard InChI is InChI=1S/C22H23N5O2S/c28-20(15-30-22-23-16-27(25-22)19-9-5-2-6-10-19)26-13-11-17(12-14-26)21(29)24-18-7-3-1-4-8-18/h1-10,16-17H,11-15H2,(H,24,29). The summed E-state index contributed by atoms with van der Waals surface area (Å²) in [6, 6.07) is 19.2. The molecule has 0 unspecified atom stereocenters. The highest BCUT2D eigenvalue weighted by molar-refractivity contribution is 7.99. The molecule has 0 bridgehead atoms. The van der Waals surface area contributed by atoms with Crippen LogP contribution in [0.4, 0.5) is 5.69 Å². The number of rotatable bonds is 6. The van der Waals surface area contributed by atoms with Gasteiger partial charge in [-0.15, -0.1) is 5.10 Å². The monoisotopic (exact) mass is 421 g/mol. The van der Waals surface area contributed by atoms with Gasteiger partial charge in [-0.2, -0.15) is 0 Å². The molecule has 0 aliphatic carbocycles. The zero-order valence-electron chi connectivity index (χ0n) is 16.5. The van der Waals surface area contributed by atoms with E-state index < -0.39 is 0 Å². The average molecular weight is 422 g/mol. The molecule has 1 N–H and O–H groups in total. The first-order valence-corrected chi connectivity index (χ1v) is 10.9. The Balaban J connectivity index is 1.23. The van der Waals surface area contributed by atoms with E-state index in [1.54, 1.807) is 11.0 Å². The van der Waals surface area contributed by atoms with Gasteiger partial charge in [0.1, 0.15) is 6.33 Å². The number of hydrogen-bond donors (Lipinski definition) is 1. The van der Waals surface area contributed by atoms with Crippen molar-refractivity contribution in [3.8, 4) is 5.69 Å². The number of nitrogens with zero attached hydrogens (tertiary/aromatic N) is 4. The van der Waals surface area contributed by atoms with Gasteiger partial charge in [0.15, 0.2) is 0 Å². The fourth-order valence-corrected chi connectivity index (χ4v) is 4.10. The second-order valence-corrected chi connectivity index (χ2v) is 8.05. The van der Waals surface area contributed by atoms with Crippen LogP contribution in [0.2, 0.25) is 0 Å². The molecule has 3 aromatic rings. The van der Waals surface area contributed by atoms with Gasteiger partial charge < -0.3 is 10.2 Å². The number of likely N-dealkylation sites (tertiary alicyclic amines) is 1. The average Bonchev–Trinajstić information content (AvgIpc) is 3.28. The molecule has 7 nitrogen and oxygen atoms in total. The van der Waals surface area contributed by atoms with E-state index in [9.17, 15) is 9.59 Å². The Morgan fingerprint density at radius 3 is 2.37 bits per heavy atom. The molecular weight excluding hydrogens is 398 g/mol. The molecule has 1 fully saturated rings. The van der Waals surface area contributed by atoms with Crippen molar-refractivity contribution in [2.45, 2.75) is 18.0 Å². The molecule has 2 aromatic carbocycles. The molecule has 0 spiro atoms. The number of piperidine rings is 1. The lowest BCUT2D eigenvalue weighted by molar-refractivity contribution is -0.132. The first kappa shape index (κ1) is 20.2. The molecule has 1 aromatic heterocycles. The van der Waals surface area contributed by atoms with Crippen LogP contribution < -0.4 is 5.32 Å². The van der Waals surface area contributed by atoms with Gasteiger partial charge in [-0.1, -0.05) is 48.2 Å². The third kappa shape index (κ3) is 5.07. The van der Waals surface area contributed by atoms with Crippen LogP contribution >= 0.6 is 11.8 Å². The van der Waals surface area contributed by atoms with Crippen LogP contribution in [0.15, 0.2) is 72.1 Å². The lowest BCUT2D eigenvalue weighted by atomic mass is 9.96. The Labute approximate surface area is 179 Å². The molecule has 0 atom stereocenters. The van der Waals surface area contributed by atoms with Gasteiger partial charge >= 0.3 is 0 Å². The number of carbonyl (C=O) groups is 2. The molecule has 1 aliphatic rings. The van der Waals surface area contributed by atoms with Gasteiger partial charge in [-0.05, 0) is 37.1 Å². The largest absolute Gasteiger partial charge is 0.342 e. The lowest BCUT2D eigenvalue weighted by Gasteiger charge is -2.31. The summed E-state index contributed by atoms with van der Waals surface area (Å²) < 4.78 is 1.70. The third-order valence-corrected chi connectivity index (χ3v) is 5.91. The summed E-state index contributed by atoms with van der Waals surface area (Å²) in [7, 11) is 0. The maximum Gasteiger partial charge on any atom is 0.233 e. The molecular formula is C22H23N5O2S. The molecule has 8 heteroatoms. The van der Waals surface area contributed by atoms with Crippen molar-refractivity contribution in [1.82, 2.24) is 19.7 Å². The predicted molar refractivity (Wildman–Crippen MR) is 116 cm³/mol. The molecule has 1 saturated heterocycles. The minimum absolute atomic E-state index is 0.0262. The Morgan fingerprint density at radius 2 is 1.67 bits per heavy atom. The van der Waals surface area contributed by atoms with Crippen molar-refractivity contribution >= 4 is 29.3 Å². The highest BCUT2D eigenvalue weighted by Gasteiger charge is 2.27. The Kier molecular flexibility index (Phi) is 6.44. The molecule has 1 aliphatic heterocycles. The molecule has 0 radical (unpaired) electrons. The van der Waals surface area contributed by atoms with Crippen molar-refractivity contribution in [2.75, 3.05) is 24.2 Å². The Hall–Kier alpha value is -3.13. The van der Waals surface area contributed by atoms with E-state index in [0.29, 0.717) is 36.8 Å².